The van der Waals surface area contributed by atoms with Crippen LogP contribution in [0.2, 0.25) is 5.02 Å². The van der Waals surface area contributed by atoms with E-state index in [1.165, 1.54) is 0 Å². The third-order valence-corrected chi connectivity index (χ3v) is 9.33. The molecule has 1 amide bonds. The lowest BCUT2D eigenvalue weighted by atomic mass is 9.84. The molecule has 4 aromatic carbocycles. The molecule has 7 nitrogen and oxygen atoms in total. The maximum Gasteiger partial charge on any atom is 0.255 e. The molecule has 4 aromatic rings. The van der Waals surface area contributed by atoms with E-state index in [2.05, 4.69) is 17.1 Å². The van der Waals surface area contributed by atoms with Crippen molar-refractivity contribution in [3.05, 3.63) is 136 Å². The first-order valence-electron chi connectivity index (χ1n) is 15.5. The van der Waals surface area contributed by atoms with Gasteiger partial charge in [-0.2, -0.15) is 0 Å². The quantitative estimate of drug-likeness (QED) is 0.198. The Morgan fingerprint density at radius 3 is 2.31 bits per heavy atom. The Hall–Kier alpha value is -3.56. The average molecular weight is 627 g/mol. The van der Waals surface area contributed by atoms with Gasteiger partial charge in [-0.25, -0.2) is 0 Å². The van der Waals surface area contributed by atoms with Crippen LogP contribution in [0.3, 0.4) is 0 Å². The molecule has 0 saturated carbocycles. The van der Waals surface area contributed by atoms with Gasteiger partial charge in [-0.1, -0.05) is 85.3 Å². The molecule has 2 saturated heterocycles. The number of anilines is 1. The van der Waals surface area contributed by atoms with Crippen LogP contribution in [0.1, 0.15) is 64.8 Å². The van der Waals surface area contributed by atoms with Crippen molar-refractivity contribution in [2.75, 3.05) is 25.0 Å². The van der Waals surface area contributed by atoms with Gasteiger partial charge in [0, 0.05) is 47.4 Å². The number of nitrogens with one attached hydrogen (secondary N) is 1. The highest BCUT2D eigenvalue weighted by Gasteiger charge is 2.41. The van der Waals surface area contributed by atoms with Gasteiger partial charge in [0.1, 0.15) is 0 Å². The van der Waals surface area contributed by atoms with Crippen molar-refractivity contribution in [1.29, 1.82) is 0 Å². The van der Waals surface area contributed by atoms with Crippen LogP contribution in [0, 0.1) is 5.92 Å². The van der Waals surface area contributed by atoms with E-state index in [-0.39, 0.29) is 30.6 Å². The summed E-state index contributed by atoms with van der Waals surface area (Å²) in [6.45, 7) is 4.28. The smallest absolute Gasteiger partial charge is 0.255 e. The summed E-state index contributed by atoms with van der Waals surface area (Å²) in [4.78, 5) is 15.2. The average Bonchev–Trinajstić information content (AvgIpc) is 3.07. The molecule has 2 fully saturated rings. The Balaban J connectivity index is 1.20. The predicted molar refractivity (Wildman–Crippen MR) is 175 cm³/mol. The van der Waals surface area contributed by atoms with Crippen molar-refractivity contribution in [3.8, 4) is 0 Å². The SMILES string of the molecule is C[C@H]1[C@@H](CN2CCC(O)(c3ccc(Cl)cc3)CC2)O[C@@H](c2cccc(NC(=O)c3ccccc3)c2)O[C@H]1c1ccc(CO)cc1. The lowest BCUT2D eigenvalue weighted by Gasteiger charge is -2.45. The van der Waals surface area contributed by atoms with Gasteiger partial charge < -0.3 is 29.9 Å². The standard InChI is InChI=1S/C37H39ClN2O5/c1-25-33(23-40-20-18-37(43,19-21-40)30-14-16-31(38)17-15-30)44-36(45-34(25)27-12-10-26(24-41)11-13-27)29-8-5-9-32(22-29)39-35(42)28-6-3-2-4-7-28/h2-17,22,25,33-34,36,41,43H,18-21,23-24H2,1H3,(H,39,42)/t25-,33+,34+,36+/m0/s1. The van der Waals surface area contributed by atoms with Crippen molar-refractivity contribution in [3.63, 3.8) is 0 Å². The molecule has 0 bridgehead atoms. The minimum absolute atomic E-state index is 0.0193. The number of aliphatic hydroxyl groups excluding tert-OH is 1. The minimum atomic E-state index is -0.882. The normalized spacial score (nSPS) is 23.4. The van der Waals surface area contributed by atoms with Gasteiger partial charge in [-0.15, -0.1) is 0 Å². The predicted octanol–water partition coefficient (Wildman–Crippen LogP) is 6.86. The van der Waals surface area contributed by atoms with Crippen molar-refractivity contribution in [2.24, 2.45) is 5.92 Å². The van der Waals surface area contributed by atoms with Gasteiger partial charge in [0.05, 0.1) is 24.4 Å². The molecule has 0 spiro atoms. The maximum absolute atomic E-state index is 12.8. The summed E-state index contributed by atoms with van der Waals surface area (Å²) in [6, 6.07) is 32.1. The van der Waals surface area contributed by atoms with Crippen LogP contribution in [0.15, 0.2) is 103 Å². The van der Waals surface area contributed by atoms with Gasteiger partial charge in [0.25, 0.3) is 5.91 Å². The number of piperidine rings is 1. The van der Waals surface area contributed by atoms with Crippen LogP contribution in [-0.4, -0.2) is 46.8 Å². The minimum Gasteiger partial charge on any atom is -0.392 e. The number of likely N-dealkylation sites (tertiary alicyclic amines) is 1. The van der Waals surface area contributed by atoms with Gasteiger partial charge >= 0.3 is 0 Å². The van der Waals surface area contributed by atoms with Crippen molar-refractivity contribution < 1.29 is 24.5 Å². The zero-order valence-electron chi connectivity index (χ0n) is 25.3. The van der Waals surface area contributed by atoms with E-state index < -0.39 is 11.9 Å². The first kappa shape index (κ1) is 31.4. The van der Waals surface area contributed by atoms with E-state index >= 15 is 0 Å². The van der Waals surface area contributed by atoms with Crippen molar-refractivity contribution in [2.45, 2.75) is 50.5 Å². The molecule has 2 aliphatic rings. The van der Waals surface area contributed by atoms with Crippen LogP contribution >= 0.6 is 11.6 Å². The number of carbonyl (C=O) groups is 1. The highest BCUT2D eigenvalue weighted by atomic mass is 35.5. The highest BCUT2D eigenvalue weighted by molar-refractivity contribution is 6.30. The molecular formula is C37H39ClN2O5. The van der Waals surface area contributed by atoms with E-state index in [1.54, 1.807) is 12.1 Å². The number of ether oxygens (including phenoxy) is 2. The summed E-state index contributed by atoms with van der Waals surface area (Å²) in [6.07, 6.45) is 0.170. The first-order valence-corrected chi connectivity index (χ1v) is 15.9. The Morgan fingerprint density at radius 1 is 0.911 bits per heavy atom. The fourth-order valence-electron chi connectivity index (χ4n) is 6.29. The summed E-state index contributed by atoms with van der Waals surface area (Å²) in [5.41, 5.74) is 3.92. The molecule has 0 aromatic heterocycles. The second kappa shape index (κ2) is 13.8. The van der Waals surface area contributed by atoms with E-state index in [9.17, 15) is 15.0 Å². The number of aliphatic hydroxyl groups is 2. The Morgan fingerprint density at radius 2 is 1.62 bits per heavy atom. The molecule has 4 atom stereocenters. The second-order valence-corrected chi connectivity index (χ2v) is 12.5. The fourth-order valence-corrected chi connectivity index (χ4v) is 6.42. The molecular weight excluding hydrogens is 588 g/mol. The number of halogens is 1. The topological polar surface area (TPSA) is 91.3 Å². The summed E-state index contributed by atoms with van der Waals surface area (Å²) >= 11 is 6.08. The lowest BCUT2D eigenvalue weighted by Crippen LogP contribution is -2.49. The van der Waals surface area contributed by atoms with Gasteiger partial charge in [0.2, 0.25) is 0 Å². The van der Waals surface area contributed by atoms with E-state index in [0.717, 1.165) is 35.3 Å². The number of rotatable bonds is 8. The van der Waals surface area contributed by atoms with Crippen LogP contribution < -0.4 is 5.32 Å². The number of nitrogens with zero attached hydrogens (tertiary/aromatic N) is 1. The molecule has 2 aliphatic heterocycles. The zero-order valence-corrected chi connectivity index (χ0v) is 26.1. The highest BCUT2D eigenvalue weighted by Crippen LogP contribution is 2.43. The Kier molecular flexibility index (Phi) is 9.66. The summed E-state index contributed by atoms with van der Waals surface area (Å²) in [5, 5.41) is 24.7. The molecule has 0 aliphatic carbocycles. The number of benzene rings is 4. The number of carbonyl (C=O) groups excluding carboxylic acids is 1. The third kappa shape index (κ3) is 7.31. The Labute approximate surface area is 269 Å². The van der Waals surface area contributed by atoms with Gasteiger partial charge in [-0.05, 0) is 65.9 Å². The van der Waals surface area contributed by atoms with Crippen LogP contribution in [-0.2, 0) is 21.7 Å². The fraction of sp³-hybridized carbons (Fsp3) is 0.324. The molecule has 0 radical (unpaired) electrons. The number of amides is 1. The molecule has 2 heterocycles. The summed E-state index contributed by atoms with van der Waals surface area (Å²) < 4.78 is 13.3. The van der Waals surface area contributed by atoms with E-state index in [0.29, 0.717) is 35.7 Å². The lowest BCUT2D eigenvalue weighted by molar-refractivity contribution is -0.277. The second-order valence-electron chi connectivity index (χ2n) is 12.1. The number of hydrogen-bond acceptors (Lipinski definition) is 6. The van der Waals surface area contributed by atoms with E-state index in [4.69, 9.17) is 21.1 Å². The largest absolute Gasteiger partial charge is 0.392 e. The monoisotopic (exact) mass is 626 g/mol. The van der Waals surface area contributed by atoms with Crippen LogP contribution in [0.25, 0.3) is 0 Å². The molecule has 8 heteroatoms. The van der Waals surface area contributed by atoms with Crippen LogP contribution in [0.4, 0.5) is 5.69 Å². The summed E-state index contributed by atoms with van der Waals surface area (Å²) in [5.74, 6) is -0.158. The summed E-state index contributed by atoms with van der Waals surface area (Å²) in [7, 11) is 0. The molecule has 234 valence electrons. The first-order chi connectivity index (χ1) is 21.8. The molecule has 3 N–H and O–H groups in total. The Bertz CT molecular complexity index is 1570. The molecule has 45 heavy (non-hydrogen) atoms. The maximum atomic E-state index is 12.8. The third-order valence-electron chi connectivity index (χ3n) is 9.08. The van der Waals surface area contributed by atoms with Gasteiger partial charge in [-0.3, -0.25) is 4.79 Å². The van der Waals surface area contributed by atoms with Crippen molar-refractivity contribution in [1.82, 2.24) is 4.90 Å². The van der Waals surface area contributed by atoms with E-state index in [1.807, 2.05) is 91.0 Å². The number of hydrogen-bond donors (Lipinski definition) is 3. The molecule has 0 unspecified atom stereocenters. The van der Waals surface area contributed by atoms with Crippen LogP contribution in [0.5, 0.6) is 0 Å². The van der Waals surface area contributed by atoms with Crippen molar-refractivity contribution >= 4 is 23.2 Å². The van der Waals surface area contributed by atoms with Gasteiger partial charge in [0.15, 0.2) is 6.29 Å². The molecule has 6 rings (SSSR count). The zero-order chi connectivity index (χ0) is 31.4.